The highest BCUT2D eigenvalue weighted by molar-refractivity contribution is 5.91. The van der Waals surface area contributed by atoms with Gasteiger partial charge in [-0.05, 0) is 32.0 Å². The van der Waals surface area contributed by atoms with Gasteiger partial charge in [0.25, 0.3) is 5.91 Å². The lowest BCUT2D eigenvalue weighted by molar-refractivity contribution is 0.0920. The van der Waals surface area contributed by atoms with E-state index in [2.05, 4.69) is 15.3 Å². The van der Waals surface area contributed by atoms with Gasteiger partial charge in [-0.1, -0.05) is 6.07 Å². The maximum absolute atomic E-state index is 12.3. The van der Waals surface area contributed by atoms with E-state index in [-0.39, 0.29) is 17.8 Å². The fourth-order valence-electron chi connectivity index (χ4n) is 2.30. The largest absolute Gasteiger partial charge is 0.475 e. The van der Waals surface area contributed by atoms with E-state index in [0.29, 0.717) is 24.7 Å². The van der Waals surface area contributed by atoms with Crippen LogP contribution >= 0.6 is 0 Å². The van der Waals surface area contributed by atoms with Gasteiger partial charge in [0, 0.05) is 30.7 Å². The molecule has 25 heavy (non-hydrogen) atoms. The second-order valence-electron chi connectivity index (χ2n) is 5.82. The standard InChI is InChI=1S/C18H20N4O3/c1-13(2)24-18-14(4-3-7-20-18)10-21-17(23)16-6-5-15(25-16)11-22-9-8-19-12-22/h3-9,12-13H,10-11H2,1-2H3,(H,21,23). The lowest BCUT2D eigenvalue weighted by Gasteiger charge is -2.12. The zero-order chi connectivity index (χ0) is 17.6. The van der Waals surface area contributed by atoms with Crippen LogP contribution in [-0.4, -0.2) is 26.5 Å². The Hall–Kier alpha value is -3.09. The van der Waals surface area contributed by atoms with Crippen LogP contribution < -0.4 is 10.1 Å². The lowest BCUT2D eigenvalue weighted by atomic mass is 10.2. The van der Waals surface area contributed by atoms with Gasteiger partial charge in [-0.15, -0.1) is 0 Å². The number of furan rings is 1. The SMILES string of the molecule is CC(C)Oc1ncccc1CNC(=O)c1ccc(Cn2ccnc2)o1. The number of ether oxygens (including phenoxy) is 1. The third-order valence-corrected chi connectivity index (χ3v) is 3.42. The van der Waals surface area contributed by atoms with Crippen LogP contribution in [-0.2, 0) is 13.1 Å². The van der Waals surface area contributed by atoms with E-state index >= 15 is 0 Å². The Morgan fingerprint density at radius 2 is 2.20 bits per heavy atom. The highest BCUT2D eigenvalue weighted by atomic mass is 16.5. The van der Waals surface area contributed by atoms with Gasteiger partial charge in [-0.25, -0.2) is 9.97 Å². The number of hydrogen-bond donors (Lipinski definition) is 1. The van der Waals surface area contributed by atoms with Gasteiger partial charge in [-0.3, -0.25) is 4.79 Å². The average molecular weight is 340 g/mol. The second-order valence-corrected chi connectivity index (χ2v) is 5.82. The number of aromatic nitrogens is 3. The Balaban J connectivity index is 1.61. The van der Waals surface area contributed by atoms with Crippen molar-refractivity contribution in [2.45, 2.75) is 33.0 Å². The van der Waals surface area contributed by atoms with Gasteiger partial charge in [0.05, 0.1) is 19.0 Å². The van der Waals surface area contributed by atoms with Crippen molar-refractivity contribution >= 4 is 5.91 Å². The summed E-state index contributed by atoms with van der Waals surface area (Å²) < 4.78 is 13.1. The molecule has 0 spiro atoms. The number of amides is 1. The van der Waals surface area contributed by atoms with Crippen LogP contribution in [0.25, 0.3) is 0 Å². The third kappa shape index (κ3) is 4.47. The number of rotatable bonds is 7. The molecule has 7 nitrogen and oxygen atoms in total. The first kappa shape index (κ1) is 16.8. The van der Waals surface area contributed by atoms with Crippen LogP contribution in [0.15, 0.2) is 53.6 Å². The molecule has 0 saturated carbocycles. The summed E-state index contributed by atoms with van der Waals surface area (Å²) in [5, 5.41) is 2.83. The van der Waals surface area contributed by atoms with Crippen LogP contribution in [0.1, 0.15) is 35.7 Å². The minimum atomic E-state index is -0.281. The Morgan fingerprint density at radius 1 is 1.32 bits per heavy atom. The molecule has 0 radical (unpaired) electrons. The number of carbonyl (C=O) groups is 1. The molecule has 0 aliphatic carbocycles. The molecule has 3 aromatic rings. The molecule has 3 rings (SSSR count). The van der Waals surface area contributed by atoms with E-state index < -0.39 is 0 Å². The van der Waals surface area contributed by atoms with Gasteiger partial charge < -0.3 is 19.0 Å². The molecule has 0 aromatic carbocycles. The van der Waals surface area contributed by atoms with Gasteiger partial charge >= 0.3 is 0 Å². The normalized spacial score (nSPS) is 10.8. The van der Waals surface area contributed by atoms with Crippen LogP contribution in [0, 0.1) is 0 Å². The Bertz CT molecular complexity index is 824. The summed E-state index contributed by atoms with van der Waals surface area (Å²) in [6.45, 7) is 4.71. The molecule has 0 unspecified atom stereocenters. The maximum Gasteiger partial charge on any atom is 0.287 e. The molecule has 0 saturated heterocycles. The Morgan fingerprint density at radius 3 is 2.96 bits per heavy atom. The van der Waals surface area contributed by atoms with Gasteiger partial charge in [0.2, 0.25) is 5.88 Å². The van der Waals surface area contributed by atoms with E-state index in [1.165, 1.54) is 0 Å². The molecule has 0 bridgehead atoms. The van der Waals surface area contributed by atoms with Gasteiger partial charge in [0.15, 0.2) is 5.76 Å². The van der Waals surface area contributed by atoms with Crippen LogP contribution in [0.3, 0.4) is 0 Å². The fraction of sp³-hybridized carbons (Fsp3) is 0.278. The molecule has 130 valence electrons. The summed E-state index contributed by atoms with van der Waals surface area (Å²) in [6, 6.07) is 7.13. The molecule has 0 atom stereocenters. The van der Waals surface area contributed by atoms with Crippen LogP contribution in [0.2, 0.25) is 0 Å². The first-order valence-electron chi connectivity index (χ1n) is 8.05. The zero-order valence-electron chi connectivity index (χ0n) is 14.2. The summed E-state index contributed by atoms with van der Waals surface area (Å²) in [5.74, 6) is 1.20. The predicted octanol–water partition coefficient (Wildman–Crippen LogP) is 2.64. The molecular weight excluding hydrogens is 320 g/mol. The molecule has 0 aliphatic rings. The van der Waals surface area contributed by atoms with Gasteiger partial charge in [0.1, 0.15) is 5.76 Å². The number of imidazole rings is 1. The summed E-state index contributed by atoms with van der Waals surface area (Å²) in [7, 11) is 0. The Labute approximate surface area is 145 Å². The monoisotopic (exact) mass is 340 g/mol. The number of nitrogens with one attached hydrogen (secondary N) is 1. The molecule has 1 amide bonds. The maximum atomic E-state index is 12.3. The van der Waals surface area contributed by atoms with Crippen LogP contribution in [0.5, 0.6) is 5.88 Å². The summed E-state index contributed by atoms with van der Waals surface area (Å²) in [6.07, 6.45) is 6.90. The number of nitrogens with zero attached hydrogens (tertiary/aromatic N) is 3. The highest BCUT2D eigenvalue weighted by Crippen LogP contribution is 2.16. The van der Waals surface area contributed by atoms with E-state index in [1.807, 2.05) is 36.7 Å². The second kappa shape index (κ2) is 7.65. The molecule has 0 aliphatic heterocycles. The molecule has 7 heteroatoms. The van der Waals surface area contributed by atoms with Crippen molar-refractivity contribution in [1.82, 2.24) is 19.9 Å². The van der Waals surface area contributed by atoms with Crippen molar-refractivity contribution in [3.63, 3.8) is 0 Å². The number of carbonyl (C=O) groups excluding carboxylic acids is 1. The third-order valence-electron chi connectivity index (χ3n) is 3.42. The first-order chi connectivity index (χ1) is 12.1. The lowest BCUT2D eigenvalue weighted by Crippen LogP contribution is -2.23. The summed E-state index contributed by atoms with van der Waals surface area (Å²) in [4.78, 5) is 20.5. The molecule has 3 aromatic heterocycles. The Kier molecular flexibility index (Phi) is 5.13. The number of pyridine rings is 1. The van der Waals surface area contributed by atoms with Crippen LogP contribution in [0.4, 0.5) is 0 Å². The smallest absolute Gasteiger partial charge is 0.287 e. The minimum absolute atomic E-state index is 0.0140. The predicted molar refractivity (Wildman–Crippen MR) is 91.2 cm³/mol. The quantitative estimate of drug-likeness (QED) is 0.715. The topological polar surface area (TPSA) is 82.2 Å². The van der Waals surface area contributed by atoms with E-state index in [9.17, 15) is 4.79 Å². The average Bonchev–Trinajstić information content (AvgIpc) is 3.26. The van der Waals surface area contributed by atoms with Crippen molar-refractivity contribution in [1.29, 1.82) is 0 Å². The van der Waals surface area contributed by atoms with Crippen molar-refractivity contribution in [3.8, 4) is 5.88 Å². The first-order valence-corrected chi connectivity index (χ1v) is 8.05. The highest BCUT2D eigenvalue weighted by Gasteiger charge is 2.13. The summed E-state index contributed by atoms with van der Waals surface area (Å²) in [5.41, 5.74) is 0.815. The van der Waals surface area contributed by atoms with Gasteiger partial charge in [-0.2, -0.15) is 0 Å². The van der Waals surface area contributed by atoms with E-state index in [1.54, 1.807) is 30.9 Å². The molecular formula is C18H20N4O3. The number of hydrogen-bond acceptors (Lipinski definition) is 5. The van der Waals surface area contributed by atoms with Crippen molar-refractivity contribution in [3.05, 3.63) is 66.3 Å². The van der Waals surface area contributed by atoms with E-state index in [4.69, 9.17) is 9.15 Å². The van der Waals surface area contributed by atoms with Crippen molar-refractivity contribution in [2.75, 3.05) is 0 Å². The van der Waals surface area contributed by atoms with E-state index in [0.717, 1.165) is 5.56 Å². The zero-order valence-corrected chi connectivity index (χ0v) is 14.2. The summed E-state index contributed by atoms with van der Waals surface area (Å²) >= 11 is 0. The fourth-order valence-corrected chi connectivity index (χ4v) is 2.30. The molecule has 1 N–H and O–H groups in total. The minimum Gasteiger partial charge on any atom is -0.475 e. The van der Waals surface area contributed by atoms with Crippen molar-refractivity contribution < 1.29 is 13.9 Å². The van der Waals surface area contributed by atoms with Crippen molar-refractivity contribution in [2.24, 2.45) is 0 Å². The molecule has 3 heterocycles. The molecule has 0 fully saturated rings.